The summed E-state index contributed by atoms with van der Waals surface area (Å²) in [5, 5.41) is -0.712. The lowest BCUT2D eigenvalue weighted by atomic mass is 10.1. The first-order valence-corrected chi connectivity index (χ1v) is 7.20. The van der Waals surface area contributed by atoms with Gasteiger partial charge in [0.1, 0.15) is 17.4 Å². The zero-order valence-electron chi connectivity index (χ0n) is 10.1. The average molecular weight is 276 g/mol. The highest BCUT2D eigenvalue weighted by Crippen LogP contribution is 2.15. The number of Topliss-reactive ketones (excluding diaryl/α,β-unsaturated/α-hetero) is 1. The van der Waals surface area contributed by atoms with E-state index in [4.69, 9.17) is 0 Å². The summed E-state index contributed by atoms with van der Waals surface area (Å²) in [5.41, 5.74) is -0.788. The highest BCUT2D eigenvalue weighted by Gasteiger charge is 2.26. The molecule has 0 N–H and O–H groups in total. The predicted molar refractivity (Wildman–Crippen MR) is 64.2 cm³/mol. The van der Waals surface area contributed by atoms with Crippen LogP contribution in [-0.2, 0) is 9.84 Å². The average Bonchev–Trinajstić information content (AvgIpc) is 2.26. The largest absolute Gasteiger partial charge is 0.293 e. The molecule has 0 fully saturated rings. The number of sulfone groups is 1. The van der Waals surface area contributed by atoms with Crippen LogP contribution in [0.15, 0.2) is 18.2 Å². The van der Waals surface area contributed by atoms with Crippen molar-refractivity contribution in [3.63, 3.8) is 0 Å². The van der Waals surface area contributed by atoms with Crippen molar-refractivity contribution in [2.24, 2.45) is 0 Å². The zero-order valence-corrected chi connectivity index (χ0v) is 10.9. The van der Waals surface area contributed by atoms with Gasteiger partial charge in [-0.1, -0.05) is 13.0 Å². The van der Waals surface area contributed by atoms with Crippen LogP contribution in [0.4, 0.5) is 8.78 Å². The van der Waals surface area contributed by atoms with E-state index < -0.39 is 43.8 Å². The molecule has 0 bridgehead atoms. The summed E-state index contributed by atoms with van der Waals surface area (Å²) >= 11 is 0. The van der Waals surface area contributed by atoms with Crippen molar-refractivity contribution in [2.45, 2.75) is 25.5 Å². The SMILES string of the molecule is CCC(C)S(=O)(=O)CC(=O)c1c(F)cccc1F. The number of rotatable bonds is 5. The highest BCUT2D eigenvalue weighted by molar-refractivity contribution is 7.92. The zero-order chi connectivity index (χ0) is 13.9. The fourth-order valence-electron chi connectivity index (χ4n) is 1.42. The Hall–Kier alpha value is -1.30. The standard InChI is InChI=1S/C12H14F2O3S/c1-3-8(2)18(16,17)7-11(15)12-9(13)5-4-6-10(12)14/h4-6,8H,3,7H2,1-2H3. The van der Waals surface area contributed by atoms with Crippen LogP contribution in [-0.4, -0.2) is 25.2 Å². The monoisotopic (exact) mass is 276 g/mol. The smallest absolute Gasteiger partial charge is 0.183 e. The number of halogens is 2. The van der Waals surface area contributed by atoms with Gasteiger partial charge in [-0.15, -0.1) is 0 Å². The van der Waals surface area contributed by atoms with E-state index in [-0.39, 0.29) is 0 Å². The van der Waals surface area contributed by atoms with Crippen LogP contribution in [0.25, 0.3) is 0 Å². The summed E-state index contributed by atoms with van der Waals surface area (Å²) in [6, 6.07) is 2.96. The van der Waals surface area contributed by atoms with E-state index in [0.717, 1.165) is 18.2 Å². The van der Waals surface area contributed by atoms with E-state index in [1.807, 2.05) is 0 Å². The van der Waals surface area contributed by atoms with Gasteiger partial charge in [-0.05, 0) is 25.5 Å². The van der Waals surface area contributed by atoms with Gasteiger partial charge in [-0.2, -0.15) is 0 Å². The van der Waals surface area contributed by atoms with Crippen molar-refractivity contribution in [1.82, 2.24) is 0 Å². The summed E-state index contributed by atoms with van der Waals surface area (Å²) < 4.78 is 50.0. The topological polar surface area (TPSA) is 51.2 Å². The van der Waals surface area contributed by atoms with Crippen LogP contribution in [0.1, 0.15) is 30.6 Å². The van der Waals surface area contributed by atoms with Crippen LogP contribution in [0.2, 0.25) is 0 Å². The van der Waals surface area contributed by atoms with E-state index in [9.17, 15) is 22.0 Å². The molecule has 0 heterocycles. The third-order valence-corrected chi connectivity index (χ3v) is 4.99. The summed E-state index contributed by atoms with van der Waals surface area (Å²) in [6.45, 7) is 3.12. The Kier molecular flexibility index (Phi) is 4.56. The molecule has 0 aliphatic carbocycles. The van der Waals surface area contributed by atoms with E-state index in [2.05, 4.69) is 0 Å². The molecule has 1 aromatic carbocycles. The van der Waals surface area contributed by atoms with Crippen molar-refractivity contribution in [3.8, 4) is 0 Å². The lowest BCUT2D eigenvalue weighted by molar-refractivity contribution is 0.101. The molecule has 0 saturated heterocycles. The van der Waals surface area contributed by atoms with E-state index in [0.29, 0.717) is 6.42 Å². The third-order valence-electron chi connectivity index (χ3n) is 2.76. The van der Waals surface area contributed by atoms with Gasteiger partial charge < -0.3 is 0 Å². The van der Waals surface area contributed by atoms with Crippen LogP contribution in [0, 0.1) is 11.6 Å². The van der Waals surface area contributed by atoms with Gasteiger partial charge in [-0.25, -0.2) is 17.2 Å². The molecule has 1 aromatic rings. The number of carbonyl (C=O) groups excluding carboxylic acids is 1. The van der Waals surface area contributed by atoms with Gasteiger partial charge >= 0.3 is 0 Å². The maximum Gasteiger partial charge on any atom is 0.183 e. The maximum atomic E-state index is 13.3. The van der Waals surface area contributed by atoms with Gasteiger partial charge in [-0.3, -0.25) is 4.79 Å². The summed E-state index contributed by atoms with van der Waals surface area (Å²) in [4.78, 5) is 11.7. The molecule has 0 aliphatic rings. The summed E-state index contributed by atoms with van der Waals surface area (Å²) in [7, 11) is -3.67. The number of ketones is 1. The molecular weight excluding hydrogens is 262 g/mol. The lowest BCUT2D eigenvalue weighted by Gasteiger charge is -2.10. The Morgan fingerprint density at radius 3 is 2.22 bits per heavy atom. The maximum absolute atomic E-state index is 13.3. The molecule has 18 heavy (non-hydrogen) atoms. The van der Waals surface area contributed by atoms with Crippen molar-refractivity contribution in [3.05, 3.63) is 35.4 Å². The minimum Gasteiger partial charge on any atom is -0.293 e. The molecule has 0 spiro atoms. The van der Waals surface area contributed by atoms with Crippen molar-refractivity contribution >= 4 is 15.6 Å². The number of hydrogen-bond acceptors (Lipinski definition) is 3. The summed E-state index contributed by atoms with van der Waals surface area (Å²) in [5.74, 6) is -4.01. The highest BCUT2D eigenvalue weighted by atomic mass is 32.2. The Morgan fingerprint density at radius 1 is 1.28 bits per heavy atom. The van der Waals surface area contributed by atoms with E-state index in [1.54, 1.807) is 6.92 Å². The molecule has 0 amide bonds. The molecule has 1 rings (SSSR count). The van der Waals surface area contributed by atoms with E-state index >= 15 is 0 Å². The van der Waals surface area contributed by atoms with Gasteiger partial charge in [0, 0.05) is 0 Å². The first-order chi connectivity index (χ1) is 8.29. The molecular formula is C12H14F2O3S. The van der Waals surface area contributed by atoms with Crippen molar-refractivity contribution in [1.29, 1.82) is 0 Å². The van der Waals surface area contributed by atoms with E-state index in [1.165, 1.54) is 6.92 Å². The van der Waals surface area contributed by atoms with Crippen LogP contribution >= 0.6 is 0 Å². The Balaban J connectivity index is 3.04. The molecule has 0 aliphatic heterocycles. The Bertz CT molecular complexity index is 532. The van der Waals surface area contributed by atoms with Crippen molar-refractivity contribution in [2.75, 3.05) is 5.75 Å². The second kappa shape index (κ2) is 5.56. The number of carbonyl (C=O) groups is 1. The number of benzene rings is 1. The fraction of sp³-hybridized carbons (Fsp3) is 0.417. The Labute approximate surface area is 105 Å². The molecule has 1 atom stereocenters. The molecule has 0 radical (unpaired) electrons. The second-order valence-electron chi connectivity index (χ2n) is 4.05. The van der Waals surface area contributed by atoms with Crippen LogP contribution in [0.5, 0.6) is 0 Å². The minimum absolute atomic E-state index is 0.343. The normalized spacial score (nSPS) is 13.3. The Morgan fingerprint density at radius 2 is 1.78 bits per heavy atom. The second-order valence-corrected chi connectivity index (χ2v) is 6.47. The molecule has 100 valence electrons. The van der Waals surface area contributed by atoms with Gasteiger partial charge in [0.2, 0.25) is 0 Å². The van der Waals surface area contributed by atoms with Gasteiger partial charge in [0.15, 0.2) is 15.6 Å². The predicted octanol–water partition coefficient (Wildman–Crippen LogP) is 2.36. The third kappa shape index (κ3) is 3.13. The fourth-order valence-corrected chi connectivity index (χ4v) is 2.72. The van der Waals surface area contributed by atoms with Crippen molar-refractivity contribution < 1.29 is 22.0 Å². The molecule has 3 nitrogen and oxygen atoms in total. The first-order valence-electron chi connectivity index (χ1n) is 5.48. The van der Waals surface area contributed by atoms with Crippen LogP contribution in [0.3, 0.4) is 0 Å². The molecule has 1 unspecified atom stereocenters. The minimum atomic E-state index is -3.67. The lowest BCUT2D eigenvalue weighted by Crippen LogP contribution is -2.26. The quantitative estimate of drug-likeness (QED) is 0.776. The molecule has 6 heteroatoms. The van der Waals surface area contributed by atoms with Gasteiger partial charge in [0.05, 0.1) is 10.8 Å². The molecule has 0 saturated carbocycles. The molecule has 0 aromatic heterocycles. The van der Waals surface area contributed by atoms with Crippen LogP contribution < -0.4 is 0 Å². The summed E-state index contributed by atoms with van der Waals surface area (Å²) in [6.07, 6.45) is 0.343. The first kappa shape index (κ1) is 14.8. The number of hydrogen-bond donors (Lipinski definition) is 0. The van der Waals surface area contributed by atoms with Gasteiger partial charge in [0.25, 0.3) is 0 Å².